The van der Waals surface area contributed by atoms with Gasteiger partial charge in [-0.3, -0.25) is 18.6 Å². The van der Waals surface area contributed by atoms with E-state index in [4.69, 9.17) is 23.6 Å². The van der Waals surface area contributed by atoms with Crippen LogP contribution in [0.1, 0.15) is 251 Å². The molecule has 0 fully saturated rings. The van der Waals surface area contributed by atoms with E-state index < -0.39 is 51.8 Å². The van der Waals surface area contributed by atoms with E-state index in [9.17, 15) is 24.2 Å². The van der Waals surface area contributed by atoms with Crippen LogP contribution in [0.15, 0.2) is 24.3 Å². The molecule has 0 radical (unpaired) electrons. The van der Waals surface area contributed by atoms with E-state index in [1.54, 1.807) is 0 Å². The smallest absolute Gasteiger partial charge is 0.462 e. The van der Waals surface area contributed by atoms with E-state index in [2.05, 4.69) is 38.2 Å². The van der Waals surface area contributed by atoms with E-state index in [0.29, 0.717) is 12.8 Å². The van der Waals surface area contributed by atoms with Crippen LogP contribution in [0.3, 0.4) is 0 Å². The number of allylic oxidation sites excluding steroid dienone is 4. The number of ether oxygens (including phenoxy) is 2. The minimum Gasteiger partial charge on any atom is -0.462 e. The van der Waals surface area contributed by atoms with E-state index >= 15 is 0 Å². The topological polar surface area (TPSA) is 149 Å². The fraction of sp³-hybridized carbons (Fsp3) is 0.882. The third kappa shape index (κ3) is 46.4. The minimum absolute atomic E-state index is 0.171. The van der Waals surface area contributed by atoms with Gasteiger partial charge in [-0.25, -0.2) is 4.57 Å². The number of carbonyl (C=O) groups excluding carboxylic acids is 2. The number of unbranched alkanes of at least 4 members (excludes halogenated alkanes) is 31. The van der Waals surface area contributed by atoms with Crippen molar-refractivity contribution < 1.29 is 47.8 Å². The molecule has 62 heavy (non-hydrogen) atoms. The lowest BCUT2D eigenvalue weighted by molar-refractivity contribution is -0.161. The van der Waals surface area contributed by atoms with Crippen molar-refractivity contribution in [3.63, 3.8) is 0 Å². The predicted octanol–water partition coefficient (Wildman–Crippen LogP) is 14.5. The highest BCUT2D eigenvalue weighted by atomic mass is 31.2. The maximum absolute atomic E-state index is 12.6. The Morgan fingerprint density at radius 3 is 1.27 bits per heavy atom. The molecular weight excluding hydrogens is 804 g/mol. The van der Waals surface area contributed by atoms with E-state index in [1.807, 2.05) is 0 Å². The molecule has 0 aromatic carbocycles. The Balaban J connectivity index is 4.10. The maximum atomic E-state index is 12.6. The number of esters is 2. The fourth-order valence-electron chi connectivity index (χ4n) is 7.38. The highest BCUT2D eigenvalue weighted by Gasteiger charge is 2.27. The molecule has 0 amide bonds. The summed E-state index contributed by atoms with van der Waals surface area (Å²) >= 11 is 0. The van der Waals surface area contributed by atoms with Crippen LogP contribution in [0.5, 0.6) is 0 Å². The molecule has 0 saturated carbocycles. The SMILES string of the molecule is CCCCC/C=C\C/C=C\CCCCCCCC(=O)OC(COC(=O)CCCCCCCCCCCCCCCCCCCCCCCCCC)COP(=O)(O)OCC(O)CO. The highest BCUT2D eigenvalue weighted by Crippen LogP contribution is 2.43. The largest absolute Gasteiger partial charge is 0.472 e. The van der Waals surface area contributed by atoms with Crippen LogP contribution in [-0.4, -0.2) is 65.7 Å². The summed E-state index contributed by atoms with van der Waals surface area (Å²) in [6, 6.07) is 0. The van der Waals surface area contributed by atoms with E-state index in [1.165, 1.54) is 148 Å². The Morgan fingerprint density at radius 1 is 0.484 bits per heavy atom. The average molecular weight is 901 g/mol. The number of carbonyl (C=O) groups is 2. The van der Waals surface area contributed by atoms with Crippen LogP contribution in [-0.2, 0) is 32.7 Å². The summed E-state index contributed by atoms with van der Waals surface area (Å²) in [5.74, 6) is -0.928. The van der Waals surface area contributed by atoms with Crippen molar-refractivity contribution in [3.05, 3.63) is 24.3 Å². The summed E-state index contributed by atoms with van der Waals surface area (Å²) in [7, 11) is -4.62. The predicted molar refractivity (Wildman–Crippen MR) is 256 cm³/mol. The second kappa shape index (κ2) is 47.4. The Hall–Kier alpha value is -1.55. The van der Waals surface area contributed by atoms with Crippen LogP contribution >= 0.6 is 7.82 Å². The summed E-state index contributed by atoms with van der Waals surface area (Å²) in [6.07, 6.45) is 50.1. The van der Waals surface area contributed by atoms with Gasteiger partial charge in [0, 0.05) is 12.8 Å². The van der Waals surface area contributed by atoms with Crippen molar-refractivity contribution in [2.75, 3.05) is 26.4 Å². The summed E-state index contributed by atoms with van der Waals surface area (Å²) in [5, 5.41) is 18.4. The standard InChI is InChI=1S/C51H97O10P/c1-3-5-7-9-11-13-15-17-19-20-21-22-23-24-25-26-27-29-30-32-34-36-38-40-42-50(54)58-46-49(47-60-62(56,57)59-45-48(53)44-52)61-51(55)43-41-39-37-35-33-31-28-18-16-14-12-10-8-6-4-2/h12,14,18,28,48-49,52-53H,3-11,13,15-17,19-27,29-47H2,1-2H3,(H,56,57)/b14-12-,28-18-. The number of hydrogen-bond acceptors (Lipinski definition) is 9. The Morgan fingerprint density at radius 2 is 0.839 bits per heavy atom. The molecule has 3 unspecified atom stereocenters. The van der Waals surface area contributed by atoms with Gasteiger partial charge in [-0.05, 0) is 44.9 Å². The number of hydrogen-bond donors (Lipinski definition) is 3. The molecule has 0 rings (SSSR count). The van der Waals surface area contributed by atoms with Crippen molar-refractivity contribution >= 4 is 19.8 Å². The van der Waals surface area contributed by atoms with Gasteiger partial charge in [-0.2, -0.15) is 0 Å². The van der Waals surface area contributed by atoms with Crippen LogP contribution < -0.4 is 0 Å². The van der Waals surface area contributed by atoms with Gasteiger partial charge >= 0.3 is 19.8 Å². The van der Waals surface area contributed by atoms with Gasteiger partial charge in [0.25, 0.3) is 0 Å². The van der Waals surface area contributed by atoms with Crippen molar-refractivity contribution in [2.45, 2.75) is 264 Å². The van der Waals surface area contributed by atoms with E-state index in [0.717, 1.165) is 64.2 Å². The van der Waals surface area contributed by atoms with Crippen molar-refractivity contribution in [1.29, 1.82) is 0 Å². The zero-order valence-electron chi connectivity index (χ0n) is 40.1. The van der Waals surface area contributed by atoms with Crippen LogP contribution in [0.2, 0.25) is 0 Å². The first-order valence-corrected chi connectivity index (χ1v) is 27.3. The Bertz CT molecular complexity index is 1080. The number of phosphoric acid groups is 1. The number of aliphatic hydroxyl groups is 2. The molecule has 11 heteroatoms. The van der Waals surface area contributed by atoms with Crippen LogP contribution in [0.25, 0.3) is 0 Å². The van der Waals surface area contributed by atoms with Crippen LogP contribution in [0, 0.1) is 0 Å². The highest BCUT2D eigenvalue weighted by molar-refractivity contribution is 7.47. The molecule has 0 aliphatic carbocycles. The van der Waals surface area contributed by atoms with Gasteiger partial charge in [0.1, 0.15) is 12.7 Å². The molecule has 0 bridgehead atoms. The van der Waals surface area contributed by atoms with Gasteiger partial charge in [0.05, 0.1) is 19.8 Å². The lowest BCUT2D eigenvalue weighted by Gasteiger charge is -2.20. The minimum atomic E-state index is -4.62. The zero-order chi connectivity index (χ0) is 45.5. The fourth-order valence-corrected chi connectivity index (χ4v) is 8.17. The summed E-state index contributed by atoms with van der Waals surface area (Å²) in [5.41, 5.74) is 0. The molecule has 3 N–H and O–H groups in total. The van der Waals surface area contributed by atoms with Crippen molar-refractivity contribution in [3.8, 4) is 0 Å². The first-order valence-electron chi connectivity index (χ1n) is 25.8. The molecule has 0 aliphatic heterocycles. The van der Waals surface area contributed by atoms with Gasteiger partial charge in [0.2, 0.25) is 0 Å². The lowest BCUT2D eigenvalue weighted by atomic mass is 10.0. The molecule has 10 nitrogen and oxygen atoms in total. The molecule has 0 saturated heterocycles. The van der Waals surface area contributed by atoms with Crippen molar-refractivity contribution in [2.24, 2.45) is 0 Å². The third-order valence-electron chi connectivity index (χ3n) is 11.4. The normalized spacial score (nSPS) is 13.8. The molecule has 0 aliphatic rings. The molecule has 0 aromatic heterocycles. The van der Waals surface area contributed by atoms with Crippen molar-refractivity contribution in [1.82, 2.24) is 0 Å². The average Bonchev–Trinajstić information content (AvgIpc) is 3.26. The molecular formula is C51H97O10P. The second-order valence-corrected chi connectivity index (χ2v) is 19.0. The molecule has 0 aromatic rings. The Kier molecular flexibility index (Phi) is 46.2. The summed E-state index contributed by atoms with van der Waals surface area (Å²) in [6.45, 7) is 2.38. The second-order valence-electron chi connectivity index (χ2n) is 17.6. The summed E-state index contributed by atoms with van der Waals surface area (Å²) < 4.78 is 32.8. The third-order valence-corrected chi connectivity index (χ3v) is 12.3. The first-order chi connectivity index (χ1) is 30.2. The number of rotatable bonds is 49. The zero-order valence-corrected chi connectivity index (χ0v) is 41.0. The summed E-state index contributed by atoms with van der Waals surface area (Å²) in [4.78, 5) is 35.1. The molecule has 0 heterocycles. The van der Waals surface area contributed by atoms with E-state index in [-0.39, 0.29) is 19.4 Å². The Labute approximate surface area is 380 Å². The number of phosphoric ester groups is 1. The van der Waals surface area contributed by atoms with Gasteiger partial charge < -0.3 is 24.6 Å². The van der Waals surface area contributed by atoms with Gasteiger partial charge in [-0.1, -0.05) is 218 Å². The first kappa shape index (κ1) is 60.5. The maximum Gasteiger partial charge on any atom is 0.472 e. The van der Waals surface area contributed by atoms with Gasteiger partial charge in [-0.15, -0.1) is 0 Å². The monoisotopic (exact) mass is 901 g/mol. The van der Waals surface area contributed by atoms with Crippen LogP contribution in [0.4, 0.5) is 0 Å². The lowest BCUT2D eigenvalue weighted by Crippen LogP contribution is -2.29. The quantitative estimate of drug-likeness (QED) is 0.0233. The number of aliphatic hydroxyl groups excluding tert-OH is 2. The molecule has 366 valence electrons. The molecule has 0 spiro atoms. The van der Waals surface area contributed by atoms with Gasteiger partial charge in [0.15, 0.2) is 6.10 Å². The molecule has 3 atom stereocenters.